The first-order chi connectivity index (χ1) is 27.3. The molecule has 61 heavy (non-hydrogen) atoms. The molecule has 10 nitrogen and oxygen atoms in total. The van der Waals surface area contributed by atoms with Crippen LogP contribution in [-0.2, 0) is 55.8 Å². The average Bonchev–Trinajstić information content (AvgIpc) is 3.83. The number of carbonyl (C=O) groups excluding carboxylic acids is 1. The van der Waals surface area contributed by atoms with Crippen molar-refractivity contribution in [2.24, 2.45) is 0 Å². The van der Waals surface area contributed by atoms with E-state index in [-0.39, 0.29) is 86.6 Å². The number of aromatic nitrogens is 8. The summed E-state index contributed by atoms with van der Waals surface area (Å²) < 4.78 is 4.19. The van der Waals surface area contributed by atoms with Crippen molar-refractivity contribution in [3.05, 3.63) is 132 Å². The van der Waals surface area contributed by atoms with Crippen LogP contribution in [0, 0.1) is 33.9 Å². The van der Waals surface area contributed by atoms with Crippen LogP contribution in [0.4, 0.5) is 0 Å². The van der Waals surface area contributed by atoms with E-state index in [4.69, 9.17) is 5.11 Å². The summed E-state index contributed by atoms with van der Waals surface area (Å²) in [4.78, 5) is 37.0. The molecule has 0 aliphatic rings. The molecule has 4 aromatic heterocycles. The van der Waals surface area contributed by atoms with Crippen LogP contribution in [0.2, 0.25) is 0 Å². The number of hydrogen-bond donors (Lipinski definition) is 1. The quantitative estimate of drug-likeness (QED) is 0.0783. The van der Waals surface area contributed by atoms with Gasteiger partial charge in [-0.15, -0.1) is 24.0 Å². The van der Waals surface area contributed by atoms with Crippen molar-refractivity contribution < 1.29 is 63.4 Å². The Balaban J connectivity index is 0. The Bertz CT molecular complexity index is 2050. The Morgan fingerprint density at radius 2 is 1.07 bits per heavy atom. The zero-order chi connectivity index (χ0) is 43.8. The van der Waals surface area contributed by atoms with E-state index in [9.17, 15) is 4.79 Å². The SMILES string of the molecule is CC(=O)C=C(C)O.Cc1cccc(C)c1-n1ccnc1-c1[c-]nc(C(C)(C)C)nc1.Cc1cccc(C)c1-n1ccnc1-c1cnc(C(C)(C)C)nc1.I.II.I[I-]I.[Ir].[Ir]. The summed E-state index contributed by atoms with van der Waals surface area (Å²) >= 11 is 9.54. The van der Waals surface area contributed by atoms with Crippen LogP contribution in [0.3, 0.4) is 0 Å². The van der Waals surface area contributed by atoms with Gasteiger partial charge in [-0.2, -0.15) is 0 Å². The Morgan fingerprint density at radius 3 is 1.39 bits per heavy atom. The monoisotopic (exact) mass is 1860 g/mol. The zero-order valence-corrected chi connectivity index (χ0v) is 53.9. The molecule has 0 aliphatic carbocycles. The molecule has 0 bridgehead atoms. The normalized spacial score (nSPS) is 10.6. The number of allylic oxidation sites excluding steroid dienone is 2. The molecule has 6 aromatic rings. The number of benzene rings is 2. The van der Waals surface area contributed by atoms with E-state index in [0.717, 1.165) is 40.1 Å². The van der Waals surface area contributed by atoms with Gasteiger partial charge in [-0.1, -0.05) is 89.7 Å². The summed E-state index contributed by atoms with van der Waals surface area (Å²) in [6.45, 7) is 23.9. The predicted molar refractivity (Wildman–Crippen MR) is 283 cm³/mol. The fourth-order valence-corrected chi connectivity index (χ4v) is 5.64. The second-order valence-corrected chi connectivity index (χ2v) is 31.4. The van der Waals surface area contributed by atoms with Gasteiger partial charge in [-0.05, 0) is 75.4 Å². The molecule has 338 valence electrons. The number of rotatable bonds is 5. The standard InChI is InChI=1S/C19H22N4.C19H21N4.C5H8O2.I3.I2.HI.2Ir/c2*1-13-7-6-8-14(2)16(13)23-10-9-20-17(23)15-11-21-18(22-12-15)19(3,4)5;1-4(6)3-5(2)7;1-3-2;1-2;;;/h6-12H,1-5H3;6-11H,1-5H3;3,6H,1-2H3;;;1H;;/q;-1;;-1;;;;. The molecule has 2 aromatic carbocycles. The van der Waals surface area contributed by atoms with Crippen molar-refractivity contribution in [2.45, 2.75) is 93.9 Å². The van der Waals surface area contributed by atoms with Gasteiger partial charge in [0.15, 0.2) is 5.78 Å². The minimum absolute atomic E-state index is 0. The zero-order valence-electron chi connectivity index (χ0n) is 36.0. The van der Waals surface area contributed by atoms with Gasteiger partial charge in [0.2, 0.25) is 0 Å². The van der Waals surface area contributed by atoms with Crippen LogP contribution in [0.25, 0.3) is 34.2 Å². The van der Waals surface area contributed by atoms with Gasteiger partial charge in [0, 0.05) is 138 Å². The topological polar surface area (TPSA) is 124 Å². The van der Waals surface area contributed by atoms with Gasteiger partial charge < -0.3 is 19.6 Å². The Morgan fingerprint density at radius 1 is 0.689 bits per heavy atom. The summed E-state index contributed by atoms with van der Waals surface area (Å²) in [7, 11) is 0. The van der Waals surface area contributed by atoms with E-state index in [1.54, 1.807) is 12.4 Å². The predicted octanol–water partition coefficient (Wildman–Crippen LogP) is 10.5. The molecule has 4 heterocycles. The number of ketones is 1. The fourth-order valence-electron chi connectivity index (χ4n) is 5.64. The molecule has 0 amide bonds. The minimum atomic E-state index is -0.125. The van der Waals surface area contributed by atoms with Gasteiger partial charge in [-0.3, -0.25) is 14.3 Å². The number of carbonyl (C=O) groups is 1. The number of aliphatic hydroxyl groups is 1. The molecule has 0 fully saturated rings. The van der Waals surface area contributed by atoms with E-state index < -0.39 is 0 Å². The minimum Gasteiger partial charge on any atom is 0 e. The number of imidazole rings is 2. The maximum Gasteiger partial charge on any atom is 0 e. The van der Waals surface area contributed by atoms with Crippen molar-refractivity contribution in [1.29, 1.82) is 0 Å². The molecule has 0 saturated carbocycles. The molecule has 2 radical (unpaired) electrons. The van der Waals surface area contributed by atoms with Crippen molar-refractivity contribution in [1.82, 2.24) is 39.0 Å². The van der Waals surface area contributed by atoms with Crippen molar-refractivity contribution in [2.75, 3.05) is 0 Å². The van der Waals surface area contributed by atoms with Crippen LogP contribution in [-0.4, -0.2) is 49.9 Å². The maximum atomic E-state index is 10.0. The van der Waals surface area contributed by atoms with Crippen molar-refractivity contribution >= 4 is 104 Å². The number of aliphatic hydroxyl groups excluding tert-OH is 1. The van der Waals surface area contributed by atoms with E-state index in [1.165, 1.54) is 47.9 Å². The molecule has 0 atom stereocenters. The summed E-state index contributed by atoms with van der Waals surface area (Å²) in [6.07, 6.45) is 17.4. The van der Waals surface area contributed by atoms with E-state index in [1.807, 2.05) is 31.0 Å². The van der Waals surface area contributed by atoms with Crippen LogP contribution < -0.4 is 13.3 Å². The second-order valence-electron chi connectivity index (χ2n) is 15.2. The molecule has 6 rings (SSSR count). The summed E-state index contributed by atoms with van der Waals surface area (Å²) in [6, 6.07) is 12.6. The van der Waals surface area contributed by atoms with Crippen molar-refractivity contribution in [3.8, 4) is 34.2 Å². The molecule has 0 spiro atoms. The van der Waals surface area contributed by atoms with Gasteiger partial charge >= 0.3 is 50.5 Å². The Labute approximate surface area is 459 Å². The van der Waals surface area contributed by atoms with Gasteiger partial charge in [0.1, 0.15) is 11.6 Å². The third-order valence-electron chi connectivity index (χ3n) is 8.15. The van der Waals surface area contributed by atoms with Gasteiger partial charge in [0.25, 0.3) is 0 Å². The molecule has 18 heteroatoms. The number of para-hydroxylation sites is 2. The number of nitrogens with zero attached hydrogens (tertiary/aromatic N) is 8. The Hall–Kier alpha value is -0.0913. The van der Waals surface area contributed by atoms with Crippen molar-refractivity contribution in [3.63, 3.8) is 0 Å². The second kappa shape index (κ2) is 31.0. The number of aryl methyl sites for hydroxylation is 4. The number of hydrogen-bond acceptors (Lipinski definition) is 8. The average molecular weight is 1860 g/mol. The molecular formula is C43H52I6Ir2N8O2-2. The summed E-state index contributed by atoms with van der Waals surface area (Å²) in [5, 5.41) is 8.36. The van der Waals surface area contributed by atoms with E-state index >= 15 is 0 Å². The molecule has 0 aliphatic heterocycles. The van der Waals surface area contributed by atoms with Crippen LogP contribution >= 0.6 is 98.4 Å². The first-order valence-corrected chi connectivity index (χ1v) is 36.8. The van der Waals surface area contributed by atoms with Crippen LogP contribution in [0.5, 0.6) is 0 Å². The maximum absolute atomic E-state index is 10.0. The summed E-state index contributed by atoms with van der Waals surface area (Å²) in [5.74, 6) is 3.23. The first-order valence-electron chi connectivity index (χ1n) is 18.0. The third kappa shape index (κ3) is 20.1. The molecule has 1 N–H and O–H groups in total. The first kappa shape index (κ1) is 63.0. The fraction of sp³-hybridized carbons (Fsp3) is 0.326. The van der Waals surface area contributed by atoms with Gasteiger partial charge in [-0.25, -0.2) is 15.0 Å². The Kier molecular flexibility index (Phi) is 32.0. The van der Waals surface area contributed by atoms with E-state index in [0.29, 0.717) is 13.3 Å². The third-order valence-corrected chi connectivity index (χ3v) is 8.15. The largest absolute Gasteiger partial charge is 0 e. The van der Waals surface area contributed by atoms with Crippen LogP contribution in [0.15, 0.2) is 91.6 Å². The van der Waals surface area contributed by atoms with Crippen LogP contribution in [0.1, 0.15) is 89.3 Å². The molecule has 0 saturated heterocycles. The molecular weight excluding hydrogens is 1810 g/mol. The smallest absolute Gasteiger partial charge is 0 e. The molecule has 0 unspecified atom stereocenters. The van der Waals surface area contributed by atoms with E-state index in [2.05, 4.69) is 225 Å². The number of halogens is 6. The van der Waals surface area contributed by atoms with Gasteiger partial charge in [0.05, 0.1) is 22.8 Å². The summed E-state index contributed by atoms with van der Waals surface area (Å²) in [5.41, 5.74) is 8.74.